The average Bonchev–Trinajstić information content (AvgIpc) is 3.49. The third kappa shape index (κ3) is 2.14. The van der Waals surface area contributed by atoms with Crippen LogP contribution in [-0.4, -0.2) is 29.2 Å². The minimum absolute atomic E-state index is 0.0345. The lowest BCUT2D eigenvalue weighted by atomic mass is 9.29. The van der Waals surface area contributed by atoms with Crippen LogP contribution in [0.25, 0.3) is 0 Å². The van der Waals surface area contributed by atoms with Crippen molar-refractivity contribution in [1.82, 2.24) is 0 Å². The summed E-state index contributed by atoms with van der Waals surface area (Å²) < 4.78 is 6.92. The number of ketones is 1. The van der Waals surface area contributed by atoms with Gasteiger partial charge in [0.15, 0.2) is 0 Å². The highest BCUT2D eigenvalue weighted by atomic mass is 16.6. The molecule has 0 aromatic heterocycles. The number of ether oxygens (including phenoxy) is 1. The molecule has 7 aliphatic rings. The van der Waals surface area contributed by atoms with Gasteiger partial charge >= 0.3 is 0 Å². The maximum atomic E-state index is 14.0. The monoisotopic (exact) mass is 468 g/mol. The molecule has 1 saturated heterocycles. The van der Waals surface area contributed by atoms with E-state index in [4.69, 9.17) is 4.74 Å². The lowest BCUT2D eigenvalue weighted by Crippen LogP contribution is -2.71. The second-order valence-corrected chi connectivity index (χ2v) is 16.4. The smallest absolute Gasteiger partial charge is 0.140 e. The normalized spacial score (nSPS) is 62.5. The Balaban J connectivity index is 1.38. The van der Waals surface area contributed by atoms with Gasteiger partial charge in [-0.15, -0.1) is 0 Å². The Morgan fingerprint density at radius 2 is 1.56 bits per heavy atom. The summed E-state index contributed by atoms with van der Waals surface area (Å²) in [6.45, 7) is 17.4. The summed E-state index contributed by atoms with van der Waals surface area (Å²) in [5.74, 6) is 2.21. The molecule has 0 amide bonds. The van der Waals surface area contributed by atoms with Crippen LogP contribution >= 0.6 is 0 Å². The quantitative estimate of drug-likeness (QED) is 0.410. The van der Waals surface area contributed by atoms with Crippen LogP contribution in [-0.2, 0) is 9.53 Å². The first kappa shape index (κ1) is 22.8. The summed E-state index contributed by atoms with van der Waals surface area (Å²) in [6.07, 6.45) is 11.6. The Bertz CT molecular complexity index is 968. The van der Waals surface area contributed by atoms with E-state index < -0.39 is 0 Å². The number of hydrogen-bond donors (Lipinski definition) is 1. The second kappa shape index (κ2) is 6.01. The van der Waals surface area contributed by atoms with Crippen LogP contribution in [0.2, 0.25) is 0 Å². The predicted octanol–water partition coefficient (Wildman–Crippen LogP) is 6.56. The van der Waals surface area contributed by atoms with Gasteiger partial charge in [0.1, 0.15) is 5.78 Å². The molecule has 2 bridgehead atoms. The van der Waals surface area contributed by atoms with Gasteiger partial charge in [-0.1, -0.05) is 48.5 Å². The van der Waals surface area contributed by atoms with Crippen LogP contribution in [0.3, 0.4) is 0 Å². The Kier molecular flexibility index (Phi) is 4.02. The largest absolute Gasteiger partial charge is 0.393 e. The van der Waals surface area contributed by atoms with Crippen molar-refractivity contribution in [2.24, 2.45) is 55.7 Å². The third-order valence-electron chi connectivity index (χ3n) is 14.9. The Morgan fingerprint density at radius 3 is 2.29 bits per heavy atom. The van der Waals surface area contributed by atoms with Crippen LogP contribution in [0, 0.1) is 55.7 Å². The van der Waals surface area contributed by atoms with Crippen molar-refractivity contribution in [3.63, 3.8) is 0 Å². The minimum atomic E-state index is -0.191. The first-order valence-corrected chi connectivity index (χ1v) is 14.6. The van der Waals surface area contributed by atoms with Gasteiger partial charge in [0.05, 0.1) is 18.3 Å². The maximum absolute atomic E-state index is 14.0. The molecule has 3 nitrogen and oxygen atoms in total. The van der Waals surface area contributed by atoms with Gasteiger partial charge in [0.25, 0.3) is 0 Å². The molecule has 34 heavy (non-hydrogen) atoms. The van der Waals surface area contributed by atoms with Gasteiger partial charge in [-0.2, -0.15) is 0 Å². The lowest BCUT2D eigenvalue weighted by Gasteiger charge is -2.74. The minimum Gasteiger partial charge on any atom is -0.393 e. The van der Waals surface area contributed by atoms with E-state index >= 15 is 0 Å². The molecule has 11 atom stereocenters. The molecule has 0 aromatic carbocycles. The highest BCUT2D eigenvalue weighted by Gasteiger charge is 2.86. The standard InChI is InChI=1S/C31H48O3/c1-25(2)12-14-30-15-13-29(7)28(6)11-8-18-26(3,4)20(32)9-10-27(18,5)23(28)22-24(34-22)31(29,17-21(30)33)19(30)16-25/h18-20,22-24,32H,8-17H2,1-7H3/t18-,19+,20+,22-,23+,24-,27-,28+,29-,30-,31-/m0/s1. The summed E-state index contributed by atoms with van der Waals surface area (Å²) in [5.41, 5.74) is 0.863. The van der Waals surface area contributed by atoms with E-state index in [1.54, 1.807) is 0 Å². The average molecular weight is 469 g/mol. The van der Waals surface area contributed by atoms with Crippen molar-refractivity contribution in [1.29, 1.82) is 0 Å². The SMILES string of the molecule is CC1(C)CC[C@@]23CC[C@]4(C)[C@@](CC2=O)([C@@H]3C1)[C@H]1O[C@H]1[C@@H]1[C@@]2(C)CC[C@@H](O)C(C)(C)[C@@H]2CC[C@]14C. The summed E-state index contributed by atoms with van der Waals surface area (Å²) in [7, 11) is 0. The first-order valence-electron chi connectivity index (χ1n) is 14.6. The highest BCUT2D eigenvalue weighted by Crippen LogP contribution is 2.86. The highest BCUT2D eigenvalue weighted by molar-refractivity contribution is 5.90. The number of fused-ring (bicyclic) bond motifs is 6. The molecule has 190 valence electrons. The molecule has 0 unspecified atom stereocenters. The molecule has 1 aliphatic heterocycles. The number of aliphatic hydroxyl groups is 1. The number of Topliss-reactive ketones (excluding diaryl/α,β-unsaturated/α-hetero) is 1. The second-order valence-electron chi connectivity index (χ2n) is 16.4. The number of rotatable bonds is 0. The Labute approximate surface area is 207 Å². The molecular weight excluding hydrogens is 420 g/mol. The fourth-order valence-electron chi connectivity index (χ4n) is 12.9. The molecule has 1 spiro atoms. The number of aliphatic hydroxyl groups excluding tert-OH is 1. The Morgan fingerprint density at radius 1 is 0.853 bits per heavy atom. The number of carbonyl (C=O) groups is 1. The molecule has 0 radical (unpaired) electrons. The zero-order valence-electron chi connectivity index (χ0n) is 22.8. The molecule has 7 rings (SSSR count). The summed E-state index contributed by atoms with van der Waals surface area (Å²) >= 11 is 0. The topological polar surface area (TPSA) is 49.8 Å². The van der Waals surface area contributed by atoms with Crippen molar-refractivity contribution >= 4 is 5.78 Å². The van der Waals surface area contributed by atoms with E-state index in [-0.39, 0.29) is 44.7 Å². The summed E-state index contributed by atoms with van der Waals surface area (Å²) in [4.78, 5) is 14.0. The van der Waals surface area contributed by atoms with Crippen LogP contribution in [0.1, 0.15) is 113 Å². The fraction of sp³-hybridized carbons (Fsp3) is 0.968. The van der Waals surface area contributed by atoms with Gasteiger partial charge in [-0.3, -0.25) is 4.79 Å². The summed E-state index contributed by atoms with van der Waals surface area (Å²) in [6, 6.07) is 0. The van der Waals surface area contributed by atoms with Crippen molar-refractivity contribution in [3.8, 4) is 0 Å². The molecule has 0 aromatic rings. The van der Waals surface area contributed by atoms with Crippen molar-refractivity contribution in [2.45, 2.75) is 131 Å². The van der Waals surface area contributed by atoms with E-state index in [1.807, 2.05) is 0 Å². The number of carbonyl (C=O) groups excluding carboxylic acids is 1. The molecule has 1 N–H and O–H groups in total. The van der Waals surface area contributed by atoms with E-state index in [1.165, 1.54) is 32.1 Å². The van der Waals surface area contributed by atoms with E-state index in [2.05, 4.69) is 48.5 Å². The number of epoxide rings is 1. The van der Waals surface area contributed by atoms with Crippen LogP contribution < -0.4 is 0 Å². The summed E-state index contributed by atoms with van der Waals surface area (Å²) in [5, 5.41) is 11.0. The zero-order valence-corrected chi connectivity index (χ0v) is 22.8. The fourth-order valence-corrected chi connectivity index (χ4v) is 12.9. The molecule has 1 heterocycles. The Hall–Kier alpha value is -0.410. The number of hydrogen-bond acceptors (Lipinski definition) is 3. The van der Waals surface area contributed by atoms with Gasteiger partial charge in [0, 0.05) is 17.3 Å². The molecule has 6 aliphatic carbocycles. The van der Waals surface area contributed by atoms with Gasteiger partial charge in [0.2, 0.25) is 0 Å². The van der Waals surface area contributed by atoms with Crippen LogP contribution in [0.4, 0.5) is 0 Å². The van der Waals surface area contributed by atoms with Crippen LogP contribution in [0.15, 0.2) is 0 Å². The first-order chi connectivity index (χ1) is 15.7. The van der Waals surface area contributed by atoms with Crippen molar-refractivity contribution < 1.29 is 14.6 Å². The van der Waals surface area contributed by atoms with E-state index in [0.717, 1.165) is 32.1 Å². The van der Waals surface area contributed by atoms with Gasteiger partial charge in [-0.05, 0) is 103 Å². The predicted molar refractivity (Wildman–Crippen MR) is 133 cm³/mol. The molecule has 6 saturated carbocycles. The molecule has 3 heteroatoms. The van der Waals surface area contributed by atoms with Crippen molar-refractivity contribution in [2.75, 3.05) is 0 Å². The van der Waals surface area contributed by atoms with E-state index in [9.17, 15) is 9.90 Å². The zero-order chi connectivity index (χ0) is 24.3. The maximum Gasteiger partial charge on any atom is 0.140 e. The lowest BCUT2D eigenvalue weighted by molar-refractivity contribution is -0.261. The third-order valence-corrected chi connectivity index (χ3v) is 14.9. The van der Waals surface area contributed by atoms with Gasteiger partial charge < -0.3 is 9.84 Å². The molecular formula is C31H48O3. The molecule has 7 fully saturated rings. The van der Waals surface area contributed by atoms with E-state index in [0.29, 0.717) is 35.1 Å². The van der Waals surface area contributed by atoms with Gasteiger partial charge in [-0.25, -0.2) is 0 Å². The van der Waals surface area contributed by atoms with Crippen molar-refractivity contribution in [3.05, 3.63) is 0 Å². The van der Waals surface area contributed by atoms with Crippen LogP contribution in [0.5, 0.6) is 0 Å².